The third-order valence-corrected chi connectivity index (χ3v) is 3.26. The first-order valence-corrected chi connectivity index (χ1v) is 7.38. The Morgan fingerprint density at radius 2 is 2.04 bits per heavy atom. The van der Waals surface area contributed by atoms with Crippen LogP contribution in [-0.2, 0) is 4.79 Å². The van der Waals surface area contributed by atoms with E-state index in [0.717, 1.165) is 5.56 Å². The van der Waals surface area contributed by atoms with Crippen LogP contribution in [0.25, 0.3) is 0 Å². The Labute approximate surface area is 135 Å². The van der Waals surface area contributed by atoms with Crippen LogP contribution in [0.15, 0.2) is 52.0 Å². The number of anilines is 1. The number of carbonyl (C=O) groups is 1. The third kappa shape index (κ3) is 5.27. The Hall–Kier alpha value is -2.60. The molecule has 0 bridgehead atoms. The van der Waals surface area contributed by atoms with Gasteiger partial charge in [-0.05, 0) is 18.1 Å². The maximum absolute atomic E-state index is 11.7. The first-order valence-electron chi connectivity index (χ1n) is 7.38. The van der Waals surface area contributed by atoms with Crippen molar-refractivity contribution in [3.05, 3.63) is 53.8 Å². The number of rotatable bonds is 7. The summed E-state index contributed by atoms with van der Waals surface area (Å²) in [7, 11) is 3.75. The summed E-state index contributed by atoms with van der Waals surface area (Å²) in [4.78, 5) is 13.5. The van der Waals surface area contributed by atoms with Crippen molar-refractivity contribution in [1.29, 1.82) is 0 Å². The van der Waals surface area contributed by atoms with Gasteiger partial charge >= 0.3 is 0 Å². The summed E-state index contributed by atoms with van der Waals surface area (Å²) in [6.45, 7) is 0. The fourth-order valence-electron chi connectivity index (χ4n) is 1.99. The van der Waals surface area contributed by atoms with Gasteiger partial charge in [0.25, 0.3) is 0 Å². The molecule has 0 aliphatic carbocycles. The minimum Gasteiger partial charge on any atom is -0.440 e. The molecular formula is C17H21N3O3. The van der Waals surface area contributed by atoms with E-state index in [4.69, 9.17) is 4.42 Å². The fourth-order valence-corrected chi connectivity index (χ4v) is 1.99. The van der Waals surface area contributed by atoms with E-state index in [1.807, 2.05) is 55.4 Å². The lowest BCUT2D eigenvalue weighted by Gasteiger charge is -2.09. The smallest absolute Gasteiger partial charge is 0.240 e. The van der Waals surface area contributed by atoms with Crippen LogP contribution in [0.5, 0.6) is 0 Å². The lowest BCUT2D eigenvalue weighted by atomic mass is 10.1. The molecule has 6 heteroatoms. The zero-order chi connectivity index (χ0) is 16.7. The number of aliphatic hydroxyl groups excluding tert-OH is 1. The van der Waals surface area contributed by atoms with Crippen LogP contribution in [0.4, 0.5) is 5.88 Å². The molecule has 1 amide bonds. The largest absolute Gasteiger partial charge is 0.440 e. The molecular weight excluding hydrogens is 294 g/mol. The molecule has 0 saturated carbocycles. The highest BCUT2D eigenvalue weighted by atomic mass is 16.4. The number of hydrogen-bond donors (Lipinski definition) is 2. The van der Waals surface area contributed by atoms with Gasteiger partial charge in [0.1, 0.15) is 5.76 Å². The highest BCUT2D eigenvalue weighted by Gasteiger charge is 2.09. The van der Waals surface area contributed by atoms with Crippen molar-refractivity contribution in [3.63, 3.8) is 0 Å². The van der Waals surface area contributed by atoms with Crippen molar-refractivity contribution < 1.29 is 14.3 Å². The highest BCUT2D eigenvalue weighted by molar-refractivity contribution is 5.80. The molecule has 0 aliphatic heterocycles. The molecule has 2 N–H and O–H groups in total. The van der Waals surface area contributed by atoms with Crippen molar-refractivity contribution >= 4 is 18.0 Å². The zero-order valence-corrected chi connectivity index (χ0v) is 13.3. The van der Waals surface area contributed by atoms with Gasteiger partial charge in [-0.25, -0.2) is 5.43 Å². The predicted octanol–water partition coefficient (Wildman–Crippen LogP) is 2.31. The number of amides is 1. The van der Waals surface area contributed by atoms with E-state index >= 15 is 0 Å². The van der Waals surface area contributed by atoms with E-state index in [0.29, 0.717) is 18.1 Å². The van der Waals surface area contributed by atoms with Crippen LogP contribution in [0.1, 0.15) is 30.3 Å². The molecule has 0 unspecified atom stereocenters. The quantitative estimate of drug-likeness (QED) is 0.607. The molecule has 0 radical (unpaired) electrons. The number of carbonyl (C=O) groups excluding carboxylic acids is 1. The van der Waals surface area contributed by atoms with Gasteiger partial charge < -0.3 is 14.4 Å². The topological polar surface area (TPSA) is 78.1 Å². The Morgan fingerprint density at radius 3 is 2.70 bits per heavy atom. The summed E-state index contributed by atoms with van der Waals surface area (Å²) in [6.07, 6.45) is 1.32. The SMILES string of the molecule is CN(C)c1ccc(/C=N\NC(=O)CC[C@H](O)c2ccccc2)o1. The molecule has 23 heavy (non-hydrogen) atoms. The van der Waals surface area contributed by atoms with E-state index in [2.05, 4.69) is 10.5 Å². The third-order valence-electron chi connectivity index (χ3n) is 3.26. The molecule has 1 aromatic heterocycles. The fraction of sp³-hybridized carbons (Fsp3) is 0.294. The van der Waals surface area contributed by atoms with Crippen molar-refractivity contribution in [2.45, 2.75) is 18.9 Å². The van der Waals surface area contributed by atoms with Gasteiger partial charge in [0.05, 0.1) is 12.3 Å². The van der Waals surface area contributed by atoms with E-state index in [1.54, 1.807) is 6.07 Å². The van der Waals surface area contributed by atoms with Crippen LogP contribution in [0, 0.1) is 0 Å². The average molecular weight is 315 g/mol. The molecule has 2 rings (SSSR count). The summed E-state index contributed by atoms with van der Waals surface area (Å²) < 4.78 is 5.47. The van der Waals surface area contributed by atoms with Crippen LogP contribution in [0.3, 0.4) is 0 Å². The van der Waals surface area contributed by atoms with E-state index in [-0.39, 0.29) is 12.3 Å². The van der Waals surface area contributed by atoms with Gasteiger partial charge in [-0.3, -0.25) is 4.79 Å². The molecule has 1 aromatic carbocycles. The zero-order valence-electron chi connectivity index (χ0n) is 13.3. The number of nitrogens with one attached hydrogen (secondary N) is 1. The van der Waals surface area contributed by atoms with Crippen LogP contribution in [-0.4, -0.2) is 31.3 Å². The number of hydrogen-bond acceptors (Lipinski definition) is 5. The van der Waals surface area contributed by atoms with Crippen molar-refractivity contribution in [2.75, 3.05) is 19.0 Å². The molecule has 0 fully saturated rings. The first-order chi connectivity index (χ1) is 11.1. The number of aliphatic hydroxyl groups is 1. The van der Waals surface area contributed by atoms with Crippen LogP contribution in [0.2, 0.25) is 0 Å². The summed E-state index contributed by atoms with van der Waals surface area (Å²) in [5.74, 6) is 1.01. The maximum Gasteiger partial charge on any atom is 0.240 e. The Bertz CT molecular complexity index is 650. The Balaban J connectivity index is 1.75. The summed E-state index contributed by atoms with van der Waals surface area (Å²) in [5, 5.41) is 13.8. The number of furan rings is 1. The normalized spacial score (nSPS) is 12.3. The predicted molar refractivity (Wildman–Crippen MR) is 89.4 cm³/mol. The molecule has 1 atom stereocenters. The minimum absolute atomic E-state index is 0.189. The second-order valence-electron chi connectivity index (χ2n) is 5.33. The molecule has 0 aliphatic rings. The number of benzene rings is 1. The van der Waals surface area contributed by atoms with E-state index < -0.39 is 6.10 Å². The van der Waals surface area contributed by atoms with E-state index in [1.165, 1.54) is 6.21 Å². The number of nitrogens with zero attached hydrogens (tertiary/aromatic N) is 2. The lowest BCUT2D eigenvalue weighted by Crippen LogP contribution is -2.18. The van der Waals surface area contributed by atoms with Gasteiger partial charge in [-0.1, -0.05) is 30.3 Å². The van der Waals surface area contributed by atoms with Crippen molar-refractivity contribution in [1.82, 2.24) is 5.43 Å². The van der Waals surface area contributed by atoms with Gasteiger partial charge in [-0.15, -0.1) is 0 Å². The van der Waals surface area contributed by atoms with Crippen LogP contribution < -0.4 is 10.3 Å². The standard InChI is InChI=1S/C17H21N3O3/c1-20(2)17-11-8-14(23-17)12-18-19-16(22)10-9-15(21)13-6-4-3-5-7-13/h3-8,11-12,15,21H,9-10H2,1-2H3,(H,19,22)/b18-12-/t15-/m0/s1. The Kier molecular flexibility index (Phi) is 5.94. The number of hydrazone groups is 1. The van der Waals surface area contributed by atoms with Crippen molar-refractivity contribution in [3.8, 4) is 0 Å². The van der Waals surface area contributed by atoms with Gasteiger partial charge in [0, 0.05) is 26.6 Å². The van der Waals surface area contributed by atoms with Crippen LogP contribution >= 0.6 is 0 Å². The monoisotopic (exact) mass is 315 g/mol. The highest BCUT2D eigenvalue weighted by Crippen LogP contribution is 2.17. The molecule has 0 saturated heterocycles. The maximum atomic E-state index is 11.7. The second kappa shape index (κ2) is 8.14. The van der Waals surface area contributed by atoms with E-state index in [9.17, 15) is 9.90 Å². The molecule has 122 valence electrons. The second-order valence-corrected chi connectivity index (χ2v) is 5.33. The summed E-state index contributed by atoms with van der Waals surface area (Å²) in [5.41, 5.74) is 3.22. The minimum atomic E-state index is -0.654. The van der Waals surface area contributed by atoms with Gasteiger partial charge in [-0.2, -0.15) is 5.10 Å². The lowest BCUT2D eigenvalue weighted by molar-refractivity contribution is -0.121. The molecule has 6 nitrogen and oxygen atoms in total. The summed E-state index contributed by atoms with van der Waals surface area (Å²) >= 11 is 0. The molecule has 1 heterocycles. The molecule has 2 aromatic rings. The average Bonchev–Trinajstić information content (AvgIpc) is 3.02. The Morgan fingerprint density at radius 1 is 1.30 bits per heavy atom. The summed E-state index contributed by atoms with van der Waals surface area (Å²) in [6, 6.07) is 12.8. The van der Waals surface area contributed by atoms with Gasteiger partial charge in [0.2, 0.25) is 5.91 Å². The van der Waals surface area contributed by atoms with Gasteiger partial charge in [0.15, 0.2) is 5.88 Å². The first kappa shape index (κ1) is 16.8. The van der Waals surface area contributed by atoms with Crippen molar-refractivity contribution in [2.24, 2.45) is 5.10 Å². The molecule has 0 spiro atoms.